The van der Waals surface area contributed by atoms with E-state index in [0.29, 0.717) is 11.9 Å². The second-order valence-electron chi connectivity index (χ2n) is 2.57. The van der Waals surface area contributed by atoms with Gasteiger partial charge in [-0.2, -0.15) is 0 Å². The summed E-state index contributed by atoms with van der Waals surface area (Å²) in [7, 11) is 1.59. The minimum Gasteiger partial charge on any atom is -0.497 e. The summed E-state index contributed by atoms with van der Waals surface area (Å²) in [6.07, 6.45) is 0.530. The summed E-state index contributed by atoms with van der Waals surface area (Å²) in [5, 5.41) is 0. The van der Waals surface area contributed by atoms with Crippen molar-refractivity contribution in [2.24, 2.45) is 5.73 Å². The van der Waals surface area contributed by atoms with Crippen molar-refractivity contribution in [2.45, 2.75) is 0 Å². The molecule has 0 aliphatic heterocycles. The summed E-state index contributed by atoms with van der Waals surface area (Å²) in [4.78, 5) is 0. The first-order valence-corrected chi connectivity index (χ1v) is 3.95. The maximum Gasteiger partial charge on any atom is 0.118 e. The summed E-state index contributed by atoms with van der Waals surface area (Å²) in [5.41, 5.74) is 6.62. The Bertz CT molecular complexity index is 297. The molecule has 0 radical (unpaired) electrons. The average Bonchev–Trinajstić information content (AvgIpc) is 2.21. The van der Waals surface area contributed by atoms with Crippen molar-refractivity contribution in [1.29, 1.82) is 0 Å². The Morgan fingerprint density at radius 3 is 2.36 bits per heavy atom. The van der Waals surface area contributed by atoms with Crippen molar-refractivity contribution in [3.63, 3.8) is 0 Å². The lowest BCUT2D eigenvalue weighted by Gasteiger charge is -2.03. The molecule has 0 spiro atoms. The Kier molecular flexibility index (Phi) is 5.92. The molecule has 4 heteroatoms. The predicted octanol–water partition coefficient (Wildman–Crippen LogP) is 2.39. The molecule has 2 N–H and O–H groups in total. The molecule has 0 aromatic heterocycles. The van der Waals surface area contributed by atoms with Crippen molar-refractivity contribution in [1.82, 2.24) is 0 Å². The highest BCUT2D eigenvalue weighted by atomic mass is 35.5. The molecule has 0 bridgehead atoms. The third-order valence-electron chi connectivity index (χ3n) is 1.81. The molecule has 0 amide bonds. The molecular weight excluding hydrogens is 205 g/mol. The van der Waals surface area contributed by atoms with E-state index in [1.54, 1.807) is 31.4 Å². The summed E-state index contributed by atoms with van der Waals surface area (Å²) >= 11 is 0. The van der Waals surface area contributed by atoms with Gasteiger partial charge in [-0.3, -0.25) is 0 Å². The van der Waals surface area contributed by atoms with Crippen LogP contribution in [0.4, 0.5) is 4.39 Å². The number of rotatable bonds is 3. The van der Waals surface area contributed by atoms with E-state index in [4.69, 9.17) is 10.5 Å². The zero-order valence-electron chi connectivity index (χ0n) is 7.87. The van der Waals surface area contributed by atoms with Gasteiger partial charge in [-0.25, -0.2) is 4.39 Å². The fourth-order valence-electron chi connectivity index (χ4n) is 1.03. The van der Waals surface area contributed by atoms with Crippen LogP contribution in [-0.4, -0.2) is 13.7 Å². The van der Waals surface area contributed by atoms with Crippen LogP contribution in [0.5, 0.6) is 5.75 Å². The second kappa shape index (κ2) is 6.40. The normalized spacial score (nSPS) is 10.6. The molecule has 0 unspecified atom stereocenters. The topological polar surface area (TPSA) is 35.2 Å². The van der Waals surface area contributed by atoms with Crippen LogP contribution in [0.25, 0.3) is 5.57 Å². The van der Waals surface area contributed by atoms with Gasteiger partial charge < -0.3 is 10.5 Å². The van der Waals surface area contributed by atoms with Crippen LogP contribution in [0.3, 0.4) is 0 Å². The van der Waals surface area contributed by atoms with Gasteiger partial charge >= 0.3 is 0 Å². The lowest BCUT2D eigenvalue weighted by atomic mass is 10.1. The van der Waals surface area contributed by atoms with Gasteiger partial charge in [0.1, 0.15) is 5.75 Å². The van der Waals surface area contributed by atoms with E-state index in [9.17, 15) is 4.39 Å². The molecule has 1 aromatic rings. The molecule has 78 valence electrons. The highest BCUT2D eigenvalue weighted by Gasteiger charge is 1.99. The van der Waals surface area contributed by atoms with Crippen LogP contribution in [0, 0.1) is 0 Å². The molecule has 0 aliphatic carbocycles. The maximum absolute atomic E-state index is 12.3. The van der Waals surface area contributed by atoms with E-state index in [1.807, 2.05) is 0 Å². The van der Waals surface area contributed by atoms with Crippen molar-refractivity contribution in [2.75, 3.05) is 13.7 Å². The minimum absolute atomic E-state index is 0. The average molecular weight is 218 g/mol. The van der Waals surface area contributed by atoms with Gasteiger partial charge in [0.2, 0.25) is 0 Å². The van der Waals surface area contributed by atoms with Crippen LogP contribution in [0.1, 0.15) is 5.56 Å². The molecule has 0 saturated carbocycles. The molecule has 0 heterocycles. The third-order valence-corrected chi connectivity index (χ3v) is 1.81. The Balaban J connectivity index is 0.00000169. The number of methoxy groups -OCH3 is 1. The van der Waals surface area contributed by atoms with E-state index in [0.717, 1.165) is 11.3 Å². The van der Waals surface area contributed by atoms with E-state index in [-0.39, 0.29) is 19.0 Å². The first-order valence-electron chi connectivity index (χ1n) is 3.95. The van der Waals surface area contributed by atoms with Gasteiger partial charge in [-0.05, 0) is 17.7 Å². The van der Waals surface area contributed by atoms with Gasteiger partial charge in [0.05, 0.1) is 13.4 Å². The fraction of sp³-hybridized carbons (Fsp3) is 0.200. The van der Waals surface area contributed by atoms with Crippen LogP contribution in [-0.2, 0) is 0 Å². The van der Waals surface area contributed by atoms with Crippen LogP contribution >= 0.6 is 12.4 Å². The Morgan fingerprint density at radius 2 is 2.00 bits per heavy atom. The minimum atomic E-state index is 0. The maximum atomic E-state index is 12.3. The Labute approximate surface area is 89.0 Å². The van der Waals surface area contributed by atoms with Crippen molar-refractivity contribution >= 4 is 18.0 Å². The van der Waals surface area contributed by atoms with Gasteiger partial charge in [0.15, 0.2) is 0 Å². The lowest BCUT2D eigenvalue weighted by molar-refractivity contribution is 0.415. The van der Waals surface area contributed by atoms with E-state index in [2.05, 4.69) is 0 Å². The Morgan fingerprint density at radius 1 is 1.43 bits per heavy atom. The first kappa shape index (κ1) is 12.9. The second-order valence-corrected chi connectivity index (χ2v) is 2.57. The molecule has 0 saturated heterocycles. The quantitative estimate of drug-likeness (QED) is 0.844. The first-order chi connectivity index (χ1) is 6.31. The zero-order valence-corrected chi connectivity index (χ0v) is 8.68. The van der Waals surface area contributed by atoms with Gasteiger partial charge in [0.25, 0.3) is 0 Å². The molecular formula is C10H13ClFNO. The fourth-order valence-corrected chi connectivity index (χ4v) is 1.03. The third kappa shape index (κ3) is 3.01. The number of benzene rings is 1. The lowest BCUT2D eigenvalue weighted by Crippen LogP contribution is -2.01. The zero-order chi connectivity index (χ0) is 9.68. The number of nitrogens with two attached hydrogens (primary N) is 1. The smallest absolute Gasteiger partial charge is 0.118 e. The van der Waals surface area contributed by atoms with E-state index in [1.165, 1.54) is 0 Å². The van der Waals surface area contributed by atoms with Crippen molar-refractivity contribution in [3.05, 3.63) is 36.2 Å². The summed E-state index contributed by atoms with van der Waals surface area (Å²) in [5.74, 6) is 0.749. The van der Waals surface area contributed by atoms with Gasteiger partial charge in [-0.1, -0.05) is 12.1 Å². The molecule has 14 heavy (non-hydrogen) atoms. The van der Waals surface area contributed by atoms with Crippen LogP contribution < -0.4 is 10.5 Å². The van der Waals surface area contributed by atoms with Crippen molar-refractivity contribution < 1.29 is 9.13 Å². The Hall–Kier alpha value is -1.06. The number of halogens is 2. The molecule has 1 aromatic carbocycles. The van der Waals surface area contributed by atoms with Crippen LogP contribution in [0.15, 0.2) is 30.6 Å². The highest BCUT2D eigenvalue weighted by molar-refractivity contribution is 5.85. The summed E-state index contributed by atoms with van der Waals surface area (Å²) in [6, 6.07) is 7.09. The monoisotopic (exact) mass is 217 g/mol. The van der Waals surface area contributed by atoms with Gasteiger partial charge in [-0.15, -0.1) is 12.4 Å². The number of hydrogen-bond donors (Lipinski definition) is 1. The molecule has 0 atom stereocenters. The van der Waals surface area contributed by atoms with Crippen molar-refractivity contribution in [3.8, 4) is 5.75 Å². The molecule has 2 nitrogen and oxygen atoms in total. The number of hydrogen-bond acceptors (Lipinski definition) is 2. The van der Waals surface area contributed by atoms with Crippen LogP contribution in [0.2, 0.25) is 0 Å². The van der Waals surface area contributed by atoms with E-state index >= 15 is 0 Å². The summed E-state index contributed by atoms with van der Waals surface area (Å²) < 4.78 is 17.2. The van der Waals surface area contributed by atoms with E-state index < -0.39 is 0 Å². The number of ether oxygens (including phenoxy) is 1. The molecule has 1 rings (SSSR count). The molecule has 0 fully saturated rings. The highest BCUT2D eigenvalue weighted by Crippen LogP contribution is 2.17. The largest absolute Gasteiger partial charge is 0.497 e. The molecule has 0 aliphatic rings. The SMILES string of the molecule is COc1ccc(/C(=C\F)CN)cc1.Cl. The standard InChI is InChI=1S/C10H12FNO.ClH/c1-13-10-4-2-8(3-5-10)9(6-11)7-12;/h2-6H,7,12H2,1H3;1H/b9-6-;. The summed E-state index contributed by atoms with van der Waals surface area (Å²) in [6.45, 7) is 0.197. The van der Waals surface area contributed by atoms with Gasteiger partial charge in [0, 0.05) is 12.1 Å². The predicted molar refractivity (Wildman–Crippen MR) is 58.4 cm³/mol.